The van der Waals surface area contributed by atoms with Crippen LogP contribution in [0.4, 0.5) is 5.69 Å². The van der Waals surface area contributed by atoms with Gasteiger partial charge in [-0.3, -0.25) is 14.9 Å². The van der Waals surface area contributed by atoms with E-state index < -0.39 is 4.92 Å². The van der Waals surface area contributed by atoms with Crippen molar-refractivity contribution in [2.24, 2.45) is 0 Å². The topological polar surface area (TPSA) is 84.3 Å². The summed E-state index contributed by atoms with van der Waals surface area (Å²) in [6.45, 7) is 1.74. The minimum absolute atomic E-state index is 0.0391. The maximum absolute atomic E-state index is 12.1. The summed E-state index contributed by atoms with van der Waals surface area (Å²) in [5, 5.41) is 16.8. The largest absolute Gasteiger partial charge is 0.348 e. The number of amides is 1. The van der Waals surface area contributed by atoms with Gasteiger partial charge in [0.15, 0.2) is 0 Å². The van der Waals surface area contributed by atoms with E-state index >= 15 is 0 Å². The Bertz CT molecular complexity index is 501. The second kappa shape index (κ2) is 6.12. The predicted molar refractivity (Wildman–Crippen MR) is 74.2 cm³/mol. The van der Waals surface area contributed by atoms with E-state index in [4.69, 9.17) is 0 Å². The number of nitro groups is 1. The van der Waals surface area contributed by atoms with Crippen molar-refractivity contribution < 1.29 is 9.72 Å². The van der Waals surface area contributed by atoms with Gasteiger partial charge in [0.1, 0.15) is 0 Å². The lowest BCUT2D eigenvalue weighted by atomic mass is 10.1. The molecule has 0 bridgehead atoms. The molecule has 0 aliphatic carbocycles. The van der Waals surface area contributed by atoms with Crippen molar-refractivity contribution in [3.63, 3.8) is 0 Å². The van der Waals surface area contributed by atoms with Gasteiger partial charge in [-0.05, 0) is 41.4 Å². The third-order valence-corrected chi connectivity index (χ3v) is 3.70. The molecule has 1 amide bonds. The summed E-state index contributed by atoms with van der Waals surface area (Å²) in [6.07, 6.45) is 1.98. The lowest BCUT2D eigenvalue weighted by molar-refractivity contribution is -0.384. The molecule has 1 saturated heterocycles. The van der Waals surface area contributed by atoms with E-state index in [0.717, 1.165) is 25.9 Å². The van der Waals surface area contributed by atoms with Crippen LogP contribution in [0, 0.1) is 10.1 Å². The summed E-state index contributed by atoms with van der Waals surface area (Å²) in [4.78, 5) is 22.2. The maximum Gasteiger partial charge on any atom is 0.270 e. The molecule has 6 nitrogen and oxygen atoms in total. The van der Waals surface area contributed by atoms with Crippen LogP contribution in [0.15, 0.2) is 22.7 Å². The zero-order valence-corrected chi connectivity index (χ0v) is 11.8. The van der Waals surface area contributed by atoms with E-state index in [1.54, 1.807) is 0 Å². The summed E-state index contributed by atoms with van der Waals surface area (Å²) in [7, 11) is 0. The molecule has 2 N–H and O–H groups in total. The quantitative estimate of drug-likeness (QED) is 0.655. The SMILES string of the molecule is O=C(N[C@H]1CCCNC1)c1ccc([N+](=O)[O-])cc1Br. The Morgan fingerprint density at radius 3 is 2.89 bits per heavy atom. The van der Waals surface area contributed by atoms with Crippen molar-refractivity contribution >= 4 is 27.5 Å². The van der Waals surface area contributed by atoms with E-state index in [1.165, 1.54) is 18.2 Å². The summed E-state index contributed by atoms with van der Waals surface area (Å²) < 4.78 is 0.433. The Hall–Kier alpha value is -1.47. The minimum atomic E-state index is -0.489. The maximum atomic E-state index is 12.1. The smallest absolute Gasteiger partial charge is 0.270 e. The van der Waals surface area contributed by atoms with Gasteiger partial charge in [0.05, 0.1) is 10.5 Å². The molecular formula is C12H14BrN3O3. The van der Waals surface area contributed by atoms with Gasteiger partial charge in [-0.2, -0.15) is 0 Å². The van der Waals surface area contributed by atoms with Crippen LogP contribution in [-0.4, -0.2) is 30.0 Å². The fourth-order valence-electron chi connectivity index (χ4n) is 2.04. The summed E-state index contributed by atoms with van der Waals surface area (Å²) in [5.74, 6) is -0.213. The molecule has 19 heavy (non-hydrogen) atoms. The van der Waals surface area contributed by atoms with Gasteiger partial charge < -0.3 is 10.6 Å². The first-order chi connectivity index (χ1) is 9.08. The first-order valence-electron chi connectivity index (χ1n) is 6.03. The summed E-state index contributed by atoms with van der Waals surface area (Å²) in [6, 6.07) is 4.25. The van der Waals surface area contributed by atoms with Crippen molar-refractivity contribution in [3.8, 4) is 0 Å². The van der Waals surface area contributed by atoms with Crippen molar-refractivity contribution in [3.05, 3.63) is 38.3 Å². The van der Waals surface area contributed by atoms with Crippen LogP contribution in [0.3, 0.4) is 0 Å². The zero-order valence-electron chi connectivity index (χ0n) is 10.2. The number of non-ortho nitro benzene ring substituents is 1. The van der Waals surface area contributed by atoms with Gasteiger partial charge in [-0.15, -0.1) is 0 Å². The summed E-state index contributed by atoms with van der Waals surface area (Å²) in [5.41, 5.74) is 0.374. The lowest BCUT2D eigenvalue weighted by Gasteiger charge is -2.23. The van der Waals surface area contributed by atoms with E-state index in [9.17, 15) is 14.9 Å². The van der Waals surface area contributed by atoms with Gasteiger partial charge >= 0.3 is 0 Å². The molecule has 0 unspecified atom stereocenters. The van der Waals surface area contributed by atoms with Crippen LogP contribution in [-0.2, 0) is 0 Å². The molecule has 1 aliphatic heterocycles. The molecule has 1 fully saturated rings. The number of nitrogens with one attached hydrogen (secondary N) is 2. The molecular weight excluding hydrogens is 314 g/mol. The second-order valence-electron chi connectivity index (χ2n) is 4.44. The highest BCUT2D eigenvalue weighted by atomic mass is 79.9. The molecule has 1 aliphatic rings. The number of halogens is 1. The van der Waals surface area contributed by atoms with Crippen molar-refractivity contribution in [2.45, 2.75) is 18.9 Å². The molecule has 0 aromatic heterocycles. The average molecular weight is 328 g/mol. The number of hydrogen-bond acceptors (Lipinski definition) is 4. The Labute approximate surface area is 118 Å². The van der Waals surface area contributed by atoms with Crippen LogP contribution in [0.1, 0.15) is 23.2 Å². The monoisotopic (exact) mass is 327 g/mol. The molecule has 1 aromatic rings. The molecule has 102 valence electrons. The molecule has 2 rings (SSSR count). The number of carbonyl (C=O) groups excluding carboxylic acids is 1. The number of hydrogen-bond donors (Lipinski definition) is 2. The molecule has 7 heteroatoms. The van der Waals surface area contributed by atoms with E-state index in [1.807, 2.05) is 0 Å². The molecule has 1 heterocycles. The Morgan fingerprint density at radius 1 is 1.53 bits per heavy atom. The fraction of sp³-hybridized carbons (Fsp3) is 0.417. The highest BCUT2D eigenvalue weighted by molar-refractivity contribution is 9.10. The third kappa shape index (κ3) is 3.51. The highest BCUT2D eigenvalue weighted by Gasteiger charge is 2.19. The predicted octanol–water partition coefficient (Wildman–Crippen LogP) is 1.84. The van der Waals surface area contributed by atoms with Crippen LogP contribution >= 0.6 is 15.9 Å². The first kappa shape index (κ1) is 14.0. The first-order valence-corrected chi connectivity index (χ1v) is 6.83. The van der Waals surface area contributed by atoms with Gasteiger partial charge in [0.2, 0.25) is 0 Å². The number of rotatable bonds is 3. The third-order valence-electron chi connectivity index (χ3n) is 3.04. The zero-order chi connectivity index (χ0) is 13.8. The van der Waals surface area contributed by atoms with Crippen molar-refractivity contribution in [1.82, 2.24) is 10.6 Å². The van der Waals surface area contributed by atoms with Crippen LogP contribution in [0.5, 0.6) is 0 Å². The van der Waals surface area contributed by atoms with Crippen LogP contribution in [0.25, 0.3) is 0 Å². The number of nitro benzene ring substituents is 1. The van der Waals surface area contributed by atoms with Crippen LogP contribution in [0.2, 0.25) is 0 Å². The number of piperidine rings is 1. The lowest BCUT2D eigenvalue weighted by Crippen LogP contribution is -2.45. The average Bonchev–Trinajstić information content (AvgIpc) is 2.39. The number of benzene rings is 1. The molecule has 0 saturated carbocycles. The minimum Gasteiger partial charge on any atom is -0.348 e. The van der Waals surface area contributed by atoms with E-state index in [-0.39, 0.29) is 17.6 Å². The Kier molecular flexibility index (Phi) is 4.49. The highest BCUT2D eigenvalue weighted by Crippen LogP contribution is 2.23. The van der Waals surface area contributed by atoms with Crippen LogP contribution < -0.4 is 10.6 Å². The number of nitrogens with zero attached hydrogens (tertiary/aromatic N) is 1. The number of carbonyl (C=O) groups is 1. The molecule has 1 atom stereocenters. The molecule has 0 radical (unpaired) electrons. The van der Waals surface area contributed by atoms with Gasteiger partial charge in [-0.1, -0.05) is 0 Å². The fourth-order valence-corrected chi connectivity index (χ4v) is 2.59. The van der Waals surface area contributed by atoms with Gasteiger partial charge in [0.25, 0.3) is 11.6 Å². The van der Waals surface area contributed by atoms with Gasteiger partial charge in [0, 0.05) is 29.2 Å². The second-order valence-corrected chi connectivity index (χ2v) is 5.29. The Morgan fingerprint density at radius 2 is 2.32 bits per heavy atom. The van der Waals surface area contributed by atoms with Gasteiger partial charge in [-0.25, -0.2) is 0 Å². The molecule has 1 aromatic carbocycles. The standard InChI is InChI=1S/C12H14BrN3O3/c13-11-6-9(16(18)19)3-4-10(11)12(17)15-8-2-1-5-14-7-8/h3-4,6,8,14H,1-2,5,7H2,(H,15,17)/t8-/m0/s1. The summed E-state index contributed by atoms with van der Waals surface area (Å²) >= 11 is 3.20. The van der Waals surface area contributed by atoms with E-state index in [0.29, 0.717) is 10.0 Å². The molecule has 0 spiro atoms. The Balaban J connectivity index is 2.08. The normalized spacial score (nSPS) is 18.9. The van der Waals surface area contributed by atoms with Crippen molar-refractivity contribution in [2.75, 3.05) is 13.1 Å². The van der Waals surface area contributed by atoms with E-state index in [2.05, 4.69) is 26.6 Å². The van der Waals surface area contributed by atoms with Crippen molar-refractivity contribution in [1.29, 1.82) is 0 Å².